The molecule has 0 saturated heterocycles. The van der Waals surface area contributed by atoms with E-state index in [1.165, 1.54) is 11.1 Å². The standard InChI is InChI=1S/C17H18N4S2/c1-12-6-5-8-15(13(12)2)19-16-20-21-17(23-16)22-11-9-14-7-3-4-10-18-14/h3-8,10H,9,11H2,1-2H3,(H,19,20). The van der Waals surface area contributed by atoms with Crippen molar-refractivity contribution in [3.63, 3.8) is 0 Å². The molecule has 6 heteroatoms. The van der Waals surface area contributed by atoms with Gasteiger partial charge in [0, 0.05) is 23.3 Å². The highest BCUT2D eigenvalue weighted by molar-refractivity contribution is 8.01. The zero-order valence-corrected chi connectivity index (χ0v) is 14.7. The molecule has 1 N–H and O–H groups in total. The summed E-state index contributed by atoms with van der Waals surface area (Å²) in [5.41, 5.74) is 4.71. The molecule has 0 aliphatic carbocycles. The minimum atomic E-state index is 0.832. The van der Waals surface area contributed by atoms with Crippen LogP contribution in [0, 0.1) is 13.8 Å². The molecule has 0 bridgehead atoms. The Bertz CT molecular complexity index is 771. The Kier molecular flexibility index (Phi) is 5.25. The monoisotopic (exact) mass is 342 g/mol. The molecule has 118 valence electrons. The molecule has 4 nitrogen and oxygen atoms in total. The predicted octanol–water partition coefficient (Wildman–Crippen LogP) is 4.63. The van der Waals surface area contributed by atoms with Crippen molar-refractivity contribution in [2.75, 3.05) is 11.1 Å². The lowest BCUT2D eigenvalue weighted by atomic mass is 10.1. The number of aryl methyl sites for hydroxylation is 2. The quantitative estimate of drug-likeness (QED) is 0.662. The van der Waals surface area contributed by atoms with Crippen LogP contribution in [0.25, 0.3) is 0 Å². The Hall–Kier alpha value is -1.92. The van der Waals surface area contributed by atoms with Crippen molar-refractivity contribution >= 4 is 33.9 Å². The number of rotatable bonds is 6. The first-order chi connectivity index (χ1) is 11.2. The SMILES string of the molecule is Cc1cccc(Nc2nnc(SCCc3ccccn3)s2)c1C. The number of benzene rings is 1. The van der Waals surface area contributed by atoms with E-state index in [-0.39, 0.29) is 0 Å². The van der Waals surface area contributed by atoms with E-state index in [0.717, 1.165) is 33.0 Å². The second-order valence-electron chi connectivity index (χ2n) is 5.17. The van der Waals surface area contributed by atoms with Gasteiger partial charge in [0.05, 0.1) is 0 Å². The molecule has 0 atom stereocenters. The second-order valence-corrected chi connectivity index (χ2v) is 7.48. The van der Waals surface area contributed by atoms with Gasteiger partial charge >= 0.3 is 0 Å². The lowest BCUT2D eigenvalue weighted by molar-refractivity contribution is 1.00. The van der Waals surface area contributed by atoms with Gasteiger partial charge < -0.3 is 5.32 Å². The van der Waals surface area contributed by atoms with Gasteiger partial charge in [-0.05, 0) is 49.6 Å². The van der Waals surface area contributed by atoms with Crippen molar-refractivity contribution in [2.24, 2.45) is 0 Å². The molecule has 1 aromatic carbocycles. The Labute approximate surface area is 144 Å². The molecule has 0 spiro atoms. The number of hydrogen-bond donors (Lipinski definition) is 1. The zero-order chi connectivity index (χ0) is 16.1. The van der Waals surface area contributed by atoms with Gasteiger partial charge in [0.1, 0.15) is 0 Å². The number of anilines is 2. The number of aromatic nitrogens is 3. The molecular formula is C17H18N4S2. The van der Waals surface area contributed by atoms with Gasteiger partial charge in [-0.15, -0.1) is 10.2 Å². The van der Waals surface area contributed by atoms with E-state index in [1.807, 2.05) is 30.5 Å². The highest BCUT2D eigenvalue weighted by atomic mass is 32.2. The number of hydrogen-bond acceptors (Lipinski definition) is 6. The number of nitrogens with zero attached hydrogens (tertiary/aromatic N) is 3. The Balaban J connectivity index is 1.57. The van der Waals surface area contributed by atoms with Crippen LogP contribution >= 0.6 is 23.1 Å². The van der Waals surface area contributed by atoms with Crippen molar-refractivity contribution in [3.8, 4) is 0 Å². The summed E-state index contributed by atoms with van der Waals surface area (Å²) in [4.78, 5) is 4.33. The highest BCUT2D eigenvalue weighted by Crippen LogP contribution is 2.29. The van der Waals surface area contributed by atoms with E-state index in [2.05, 4.69) is 46.5 Å². The molecule has 3 rings (SSSR count). The van der Waals surface area contributed by atoms with Crippen LogP contribution in [0.15, 0.2) is 46.9 Å². The molecule has 0 fully saturated rings. The number of pyridine rings is 1. The fraction of sp³-hybridized carbons (Fsp3) is 0.235. The van der Waals surface area contributed by atoms with E-state index in [4.69, 9.17) is 0 Å². The van der Waals surface area contributed by atoms with Gasteiger partial charge in [-0.1, -0.05) is 41.3 Å². The van der Waals surface area contributed by atoms with Gasteiger partial charge in [-0.3, -0.25) is 4.98 Å². The maximum absolute atomic E-state index is 4.33. The van der Waals surface area contributed by atoms with Crippen molar-refractivity contribution < 1.29 is 0 Å². The van der Waals surface area contributed by atoms with Crippen LogP contribution in [0.2, 0.25) is 0 Å². The normalized spacial score (nSPS) is 10.7. The third-order valence-corrected chi connectivity index (χ3v) is 5.54. The van der Waals surface area contributed by atoms with E-state index >= 15 is 0 Å². The summed E-state index contributed by atoms with van der Waals surface area (Å²) in [6, 6.07) is 12.2. The molecule has 0 amide bonds. The minimum Gasteiger partial charge on any atom is -0.330 e. The van der Waals surface area contributed by atoms with Crippen LogP contribution in [-0.2, 0) is 6.42 Å². The van der Waals surface area contributed by atoms with Crippen LogP contribution < -0.4 is 5.32 Å². The van der Waals surface area contributed by atoms with Gasteiger partial charge in [-0.25, -0.2) is 0 Å². The smallest absolute Gasteiger partial charge is 0.210 e. The van der Waals surface area contributed by atoms with Gasteiger partial charge in [-0.2, -0.15) is 0 Å². The average molecular weight is 342 g/mol. The van der Waals surface area contributed by atoms with Crippen molar-refractivity contribution in [3.05, 3.63) is 59.4 Å². The molecule has 0 saturated carbocycles. The van der Waals surface area contributed by atoms with E-state index in [9.17, 15) is 0 Å². The third kappa shape index (κ3) is 4.30. The second kappa shape index (κ2) is 7.57. The Morgan fingerprint density at radius 2 is 2.00 bits per heavy atom. The van der Waals surface area contributed by atoms with Gasteiger partial charge in [0.25, 0.3) is 0 Å². The van der Waals surface area contributed by atoms with Crippen LogP contribution in [-0.4, -0.2) is 20.9 Å². The van der Waals surface area contributed by atoms with E-state index < -0.39 is 0 Å². The first-order valence-electron chi connectivity index (χ1n) is 7.42. The van der Waals surface area contributed by atoms with Crippen LogP contribution in [0.4, 0.5) is 10.8 Å². The summed E-state index contributed by atoms with van der Waals surface area (Å²) >= 11 is 3.31. The fourth-order valence-electron chi connectivity index (χ4n) is 2.11. The van der Waals surface area contributed by atoms with E-state index in [0.29, 0.717) is 0 Å². The maximum atomic E-state index is 4.33. The number of nitrogens with one attached hydrogen (secondary N) is 1. The average Bonchev–Trinajstić information content (AvgIpc) is 3.00. The topological polar surface area (TPSA) is 50.7 Å². The molecule has 2 aromatic heterocycles. The molecule has 0 aliphatic rings. The van der Waals surface area contributed by atoms with Crippen molar-refractivity contribution in [1.82, 2.24) is 15.2 Å². The van der Waals surface area contributed by atoms with E-state index in [1.54, 1.807) is 23.1 Å². The van der Waals surface area contributed by atoms with Crippen LogP contribution in [0.3, 0.4) is 0 Å². The lowest BCUT2D eigenvalue weighted by Crippen LogP contribution is -1.94. The largest absolute Gasteiger partial charge is 0.330 e. The molecular weight excluding hydrogens is 324 g/mol. The first-order valence-corrected chi connectivity index (χ1v) is 9.22. The summed E-state index contributed by atoms with van der Waals surface area (Å²) in [7, 11) is 0. The number of thioether (sulfide) groups is 1. The maximum Gasteiger partial charge on any atom is 0.210 e. The van der Waals surface area contributed by atoms with Crippen molar-refractivity contribution in [2.45, 2.75) is 24.6 Å². The van der Waals surface area contributed by atoms with Gasteiger partial charge in [0.2, 0.25) is 5.13 Å². The summed E-state index contributed by atoms with van der Waals surface area (Å²) in [6.45, 7) is 4.22. The summed E-state index contributed by atoms with van der Waals surface area (Å²) in [5.74, 6) is 0.953. The fourth-order valence-corrected chi connectivity index (χ4v) is 3.91. The van der Waals surface area contributed by atoms with Crippen LogP contribution in [0.1, 0.15) is 16.8 Å². The minimum absolute atomic E-state index is 0.832. The molecule has 3 aromatic rings. The predicted molar refractivity (Wildman–Crippen MR) is 97.8 cm³/mol. The molecule has 23 heavy (non-hydrogen) atoms. The Morgan fingerprint density at radius 3 is 2.83 bits per heavy atom. The first kappa shape index (κ1) is 16.0. The highest BCUT2D eigenvalue weighted by Gasteiger charge is 2.07. The summed E-state index contributed by atoms with van der Waals surface area (Å²) in [5, 5.41) is 12.7. The summed E-state index contributed by atoms with van der Waals surface area (Å²) in [6.07, 6.45) is 2.77. The van der Waals surface area contributed by atoms with Crippen molar-refractivity contribution in [1.29, 1.82) is 0 Å². The van der Waals surface area contributed by atoms with Crippen LogP contribution in [0.5, 0.6) is 0 Å². The molecule has 0 radical (unpaired) electrons. The lowest BCUT2D eigenvalue weighted by Gasteiger charge is -2.08. The molecule has 2 heterocycles. The third-order valence-electron chi connectivity index (χ3n) is 3.56. The molecule has 0 unspecified atom stereocenters. The Morgan fingerprint density at radius 1 is 1.09 bits per heavy atom. The summed E-state index contributed by atoms with van der Waals surface area (Å²) < 4.78 is 0.980. The molecule has 0 aliphatic heterocycles. The zero-order valence-electron chi connectivity index (χ0n) is 13.1. The van der Waals surface area contributed by atoms with Gasteiger partial charge in [0.15, 0.2) is 4.34 Å².